The molecule has 7 heteroatoms. The molecule has 2 aromatic carbocycles. The van der Waals surface area contributed by atoms with Crippen LogP contribution in [0.5, 0.6) is 5.75 Å². The maximum Gasteiger partial charge on any atom is 0.253 e. The monoisotopic (exact) mass is 371 g/mol. The smallest absolute Gasteiger partial charge is 0.253 e. The van der Waals surface area contributed by atoms with E-state index in [9.17, 15) is 19.5 Å². The van der Waals surface area contributed by atoms with E-state index in [1.165, 1.54) is 31.7 Å². The summed E-state index contributed by atoms with van der Waals surface area (Å²) in [6.45, 7) is 0. The molecule has 0 spiro atoms. The van der Waals surface area contributed by atoms with Gasteiger partial charge in [-0.2, -0.15) is 0 Å². The molecule has 0 heterocycles. The molecule has 2 aromatic rings. The summed E-state index contributed by atoms with van der Waals surface area (Å²) in [6.07, 6.45) is 9.52. The number of benzene rings is 1. The second-order valence-corrected chi connectivity index (χ2v) is 7.04. The van der Waals surface area contributed by atoms with Crippen molar-refractivity contribution >= 4 is 29.2 Å². The Morgan fingerprint density at radius 2 is 1.48 bits per heavy atom. The van der Waals surface area contributed by atoms with Crippen LogP contribution in [0.1, 0.15) is 51.4 Å². The van der Waals surface area contributed by atoms with Crippen molar-refractivity contribution in [2.45, 2.75) is 57.4 Å². The van der Waals surface area contributed by atoms with E-state index in [-0.39, 0.29) is 34.5 Å². The van der Waals surface area contributed by atoms with Crippen molar-refractivity contribution in [3.05, 3.63) is 38.6 Å². The second-order valence-electron chi connectivity index (χ2n) is 7.04. The predicted octanol–water partition coefficient (Wildman–Crippen LogP) is 3.22. The third kappa shape index (κ3) is 4.30. The number of hydrogen-bond acceptors (Lipinski definition) is 6. The molecule has 0 atom stereocenters. The van der Waals surface area contributed by atoms with Gasteiger partial charge in [0.05, 0.1) is 11.4 Å². The van der Waals surface area contributed by atoms with E-state index >= 15 is 0 Å². The van der Waals surface area contributed by atoms with E-state index < -0.39 is 10.9 Å². The Morgan fingerprint density at radius 3 is 2.15 bits per heavy atom. The van der Waals surface area contributed by atoms with E-state index in [2.05, 4.69) is 16.0 Å². The van der Waals surface area contributed by atoms with Crippen LogP contribution in [0.3, 0.4) is 0 Å². The maximum atomic E-state index is 12.1. The average Bonchev–Trinajstić information content (AvgIpc) is 2.81. The van der Waals surface area contributed by atoms with Crippen molar-refractivity contribution < 1.29 is 9.90 Å². The lowest BCUT2D eigenvalue weighted by molar-refractivity contribution is -0.105. The van der Waals surface area contributed by atoms with Crippen molar-refractivity contribution in [3.63, 3.8) is 0 Å². The zero-order valence-corrected chi connectivity index (χ0v) is 15.2. The average molecular weight is 371 g/mol. The highest BCUT2D eigenvalue weighted by molar-refractivity contribution is 5.85. The highest BCUT2D eigenvalue weighted by Gasteiger charge is 2.24. The van der Waals surface area contributed by atoms with Crippen LogP contribution >= 0.6 is 0 Å². The molecule has 0 unspecified atom stereocenters. The van der Waals surface area contributed by atoms with Crippen LogP contribution < -0.4 is 26.8 Å². The zero-order valence-electron chi connectivity index (χ0n) is 15.2. The fourth-order valence-electron chi connectivity index (χ4n) is 3.59. The number of hydrogen-bond donors (Lipinski definition) is 4. The second kappa shape index (κ2) is 8.70. The van der Waals surface area contributed by atoms with Crippen LogP contribution in [0, 0.1) is 0 Å². The number of para-hydroxylation sites is 1. The van der Waals surface area contributed by atoms with Crippen LogP contribution in [0.25, 0.3) is 0 Å². The minimum Gasteiger partial charge on any atom is -0.504 e. The first kappa shape index (κ1) is 18.9. The molecule has 1 saturated carbocycles. The van der Waals surface area contributed by atoms with Crippen LogP contribution in [-0.4, -0.2) is 17.6 Å². The summed E-state index contributed by atoms with van der Waals surface area (Å²) in [5.41, 5.74) is -0.200. The minimum atomic E-state index is -0.603. The molecule has 144 valence electrons. The molecule has 1 fully saturated rings. The molecule has 0 aromatic heterocycles. The molecular formula is C20H25N3O4. The van der Waals surface area contributed by atoms with Gasteiger partial charge in [0.2, 0.25) is 6.41 Å². The van der Waals surface area contributed by atoms with Gasteiger partial charge in [0.15, 0.2) is 5.75 Å². The van der Waals surface area contributed by atoms with Gasteiger partial charge < -0.3 is 21.1 Å². The Morgan fingerprint density at radius 1 is 0.889 bits per heavy atom. The quantitative estimate of drug-likeness (QED) is 0.353. The third-order valence-electron chi connectivity index (χ3n) is 5.12. The number of anilines is 4. The number of aromatic hydroxyl groups is 1. The van der Waals surface area contributed by atoms with Crippen molar-refractivity contribution in [1.82, 2.24) is 0 Å². The van der Waals surface area contributed by atoms with Crippen LogP contribution in [0.15, 0.2) is 27.8 Å². The van der Waals surface area contributed by atoms with Gasteiger partial charge >= 0.3 is 0 Å². The van der Waals surface area contributed by atoms with Crippen molar-refractivity contribution in [1.29, 1.82) is 0 Å². The molecule has 1 aliphatic carbocycles. The lowest BCUT2D eigenvalue weighted by atomic mass is 10.0. The lowest BCUT2D eigenvalue weighted by Gasteiger charge is -2.22. The fraction of sp³-hybridized carbons (Fsp3) is 0.450. The van der Waals surface area contributed by atoms with Gasteiger partial charge in [-0.25, -0.2) is 0 Å². The van der Waals surface area contributed by atoms with Crippen molar-refractivity contribution in [2.24, 2.45) is 0 Å². The fourth-order valence-corrected chi connectivity index (χ4v) is 3.59. The summed E-state index contributed by atoms with van der Waals surface area (Å²) in [5, 5.41) is 18.7. The third-order valence-corrected chi connectivity index (χ3v) is 5.12. The molecule has 0 saturated heterocycles. The molecule has 1 aliphatic rings. The van der Waals surface area contributed by atoms with Crippen molar-refractivity contribution in [2.75, 3.05) is 16.0 Å². The highest BCUT2D eigenvalue weighted by atomic mass is 16.3. The van der Waals surface area contributed by atoms with E-state index in [0.717, 1.165) is 25.7 Å². The number of carbonyl (C=O) groups is 1. The Bertz CT molecular complexity index is 861. The van der Waals surface area contributed by atoms with Gasteiger partial charge in [-0.3, -0.25) is 14.4 Å². The first-order valence-electron chi connectivity index (χ1n) is 9.51. The standard InChI is InChI=1S/C20H25N3O4/c24-12-21-14-10-7-11-15(18(14)25)23-17-16(19(26)20(17)27)22-13-8-5-3-1-2-4-6-9-13/h7,10-13,22-23,25H,1-6,8-9H2,(H,21,24). The zero-order chi connectivity index (χ0) is 19.2. The number of phenolic OH excluding ortho intramolecular Hbond substituents is 1. The van der Waals surface area contributed by atoms with Gasteiger partial charge in [-0.05, 0) is 25.0 Å². The maximum absolute atomic E-state index is 12.1. The van der Waals surface area contributed by atoms with Gasteiger partial charge in [0, 0.05) is 6.04 Å². The number of amides is 1. The normalized spacial score (nSPS) is 16.1. The first-order valence-corrected chi connectivity index (χ1v) is 9.51. The molecule has 0 aliphatic heterocycles. The summed E-state index contributed by atoms with van der Waals surface area (Å²) in [6, 6.07) is 4.91. The molecular weight excluding hydrogens is 346 g/mol. The number of rotatable bonds is 6. The van der Waals surface area contributed by atoms with E-state index in [1.54, 1.807) is 12.1 Å². The topological polar surface area (TPSA) is 108 Å². The molecule has 4 N–H and O–H groups in total. The summed E-state index contributed by atoms with van der Waals surface area (Å²) in [7, 11) is 0. The lowest BCUT2D eigenvalue weighted by Crippen LogP contribution is -2.39. The van der Waals surface area contributed by atoms with Crippen LogP contribution in [0.4, 0.5) is 22.7 Å². The molecule has 0 radical (unpaired) electrons. The molecule has 0 bridgehead atoms. The number of phenols is 1. The summed E-state index contributed by atoms with van der Waals surface area (Å²) in [4.78, 5) is 34.7. The van der Waals surface area contributed by atoms with Gasteiger partial charge in [-0.15, -0.1) is 0 Å². The SMILES string of the molecule is O=CNc1cccc(Nc2c(NC3CCCCCCCC3)c(=O)c2=O)c1O. The van der Waals surface area contributed by atoms with Crippen molar-refractivity contribution in [3.8, 4) is 5.75 Å². The largest absolute Gasteiger partial charge is 0.504 e. The highest BCUT2D eigenvalue weighted by Crippen LogP contribution is 2.34. The number of nitrogens with one attached hydrogen (secondary N) is 3. The van der Waals surface area contributed by atoms with Crippen LogP contribution in [-0.2, 0) is 4.79 Å². The molecule has 1 amide bonds. The molecule has 27 heavy (non-hydrogen) atoms. The summed E-state index contributed by atoms with van der Waals surface area (Å²) in [5.74, 6) is -0.189. The number of carbonyl (C=O) groups excluding carboxylic acids is 1. The Hall–Kier alpha value is -2.83. The Kier molecular flexibility index (Phi) is 6.11. The minimum absolute atomic E-state index is 0.165. The van der Waals surface area contributed by atoms with Gasteiger partial charge in [0.25, 0.3) is 10.9 Å². The van der Waals surface area contributed by atoms with Crippen LogP contribution in [0.2, 0.25) is 0 Å². The van der Waals surface area contributed by atoms with E-state index in [1.807, 2.05) is 0 Å². The molecule has 7 nitrogen and oxygen atoms in total. The van der Waals surface area contributed by atoms with E-state index in [0.29, 0.717) is 6.41 Å². The summed E-state index contributed by atoms with van der Waals surface area (Å²) >= 11 is 0. The predicted molar refractivity (Wildman–Crippen MR) is 107 cm³/mol. The molecule has 3 rings (SSSR count). The van der Waals surface area contributed by atoms with Gasteiger partial charge in [-0.1, -0.05) is 44.6 Å². The Labute approximate surface area is 157 Å². The van der Waals surface area contributed by atoms with E-state index in [4.69, 9.17) is 0 Å². The Balaban J connectivity index is 1.77. The first-order chi connectivity index (χ1) is 13.1. The van der Waals surface area contributed by atoms with Gasteiger partial charge in [0.1, 0.15) is 11.4 Å². The summed E-state index contributed by atoms with van der Waals surface area (Å²) < 4.78 is 0.